The molecule has 2 fully saturated rings. The van der Waals surface area contributed by atoms with Crippen LogP contribution in [0.25, 0.3) is 0 Å². The van der Waals surface area contributed by atoms with E-state index in [9.17, 15) is 49.5 Å². The van der Waals surface area contributed by atoms with Gasteiger partial charge in [0.25, 0.3) is 0 Å². The Hall–Kier alpha value is -6.20. The van der Waals surface area contributed by atoms with E-state index in [-0.39, 0.29) is 66.1 Å². The number of nitrogens with zero attached hydrogens (tertiary/aromatic N) is 7. The highest BCUT2D eigenvalue weighted by molar-refractivity contribution is 5.93. The van der Waals surface area contributed by atoms with Gasteiger partial charge in [-0.3, -0.25) is 15.0 Å². The Kier molecular flexibility index (Phi) is 17.9. The molecule has 2 aromatic heterocycles. The molecule has 0 atom stereocenters. The van der Waals surface area contributed by atoms with Crippen molar-refractivity contribution in [1.82, 2.24) is 19.9 Å². The van der Waals surface area contributed by atoms with Crippen LogP contribution < -0.4 is 26.5 Å². The molecule has 4 N–H and O–H groups in total. The van der Waals surface area contributed by atoms with E-state index in [2.05, 4.69) is 35.9 Å². The number of nitrogens with two attached hydrogens (primary N) is 1. The van der Waals surface area contributed by atoms with Crippen LogP contribution in [0.1, 0.15) is 35.1 Å². The number of hydrogen-bond donors (Lipinski definition) is 3. The summed E-state index contributed by atoms with van der Waals surface area (Å²) in [5.74, 6) is 4.09. The minimum atomic E-state index is -4.46. The number of aldehydes is 1. The molecule has 0 radical (unpaired) electrons. The average Bonchev–Trinajstić information content (AvgIpc) is 3.24. The smallest absolute Gasteiger partial charge is 0.378 e. The van der Waals surface area contributed by atoms with E-state index in [1.165, 1.54) is 30.5 Å². The van der Waals surface area contributed by atoms with Gasteiger partial charge in [0.2, 0.25) is 11.9 Å². The van der Waals surface area contributed by atoms with Gasteiger partial charge in [-0.2, -0.15) is 41.4 Å². The largest absolute Gasteiger partial charge is 0.416 e. The summed E-state index contributed by atoms with van der Waals surface area (Å²) in [4.78, 5) is 52.1. The molecule has 6 rings (SSSR count). The van der Waals surface area contributed by atoms with Crippen LogP contribution in [-0.2, 0) is 49.1 Å². The Bertz CT molecular complexity index is 2100. The summed E-state index contributed by atoms with van der Waals surface area (Å²) < 4.78 is 113. The van der Waals surface area contributed by atoms with Crippen molar-refractivity contribution < 1.29 is 59.0 Å². The Morgan fingerprint density at radius 1 is 0.721 bits per heavy atom. The van der Waals surface area contributed by atoms with Crippen LogP contribution in [0.4, 0.5) is 58.7 Å². The first-order valence-electron chi connectivity index (χ1n) is 18.3. The number of anilines is 4. The van der Waals surface area contributed by atoms with Crippen molar-refractivity contribution in [2.75, 3.05) is 73.3 Å². The van der Waals surface area contributed by atoms with Crippen LogP contribution in [0.5, 0.6) is 0 Å². The molecule has 4 heterocycles. The SMILES string of the molecule is NNc1ncc(F)c(N2CCOCC2)n1.O=C(C/C=N/Nc1ncc(F)c(N2CCOCC2)n1)Cc1cccc(C(F)(F)F)c1.O=CCC(=O)Cc1cccc(C(F)(F)F)c1. The summed E-state index contributed by atoms with van der Waals surface area (Å²) in [6, 6.07) is 9.15. The number of aromatic nitrogens is 4. The summed E-state index contributed by atoms with van der Waals surface area (Å²) in [5, 5.41) is 3.83. The van der Waals surface area contributed by atoms with Gasteiger partial charge in [-0.1, -0.05) is 36.4 Å². The number of nitrogen functional groups attached to an aromatic ring is 1. The van der Waals surface area contributed by atoms with Crippen molar-refractivity contribution in [3.8, 4) is 0 Å². The fourth-order valence-electron chi connectivity index (χ4n) is 5.49. The molecule has 61 heavy (non-hydrogen) atoms. The average molecular weight is 869 g/mol. The quantitative estimate of drug-likeness (QED) is 0.0396. The number of alkyl halides is 6. The molecule has 2 aromatic carbocycles. The third kappa shape index (κ3) is 15.7. The van der Waals surface area contributed by atoms with E-state index in [0.29, 0.717) is 58.9 Å². The molecular weight excluding hydrogens is 828 g/mol. The van der Waals surface area contributed by atoms with E-state index >= 15 is 0 Å². The van der Waals surface area contributed by atoms with Gasteiger partial charge in [-0.15, -0.1) is 0 Å². The van der Waals surface area contributed by atoms with Crippen molar-refractivity contribution in [2.24, 2.45) is 10.9 Å². The number of hydrazine groups is 1. The van der Waals surface area contributed by atoms with Crippen molar-refractivity contribution in [3.63, 3.8) is 0 Å². The molecule has 15 nitrogen and oxygen atoms in total. The molecule has 0 amide bonds. The lowest BCUT2D eigenvalue weighted by molar-refractivity contribution is -0.138. The molecule has 4 aromatic rings. The topological polar surface area (TPSA) is 190 Å². The Labute approximate surface area is 343 Å². The lowest BCUT2D eigenvalue weighted by atomic mass is 10.0. The highest BCUT2D eigenvalue weighted by Gasteiger charge is 2.31. The van der Waals surface area contributed by atoms with E-state index in [4.69, 9.17) is 15.3 Å². The maximum atomic E-state index is 14.0. The number of ketones is 2. The molecule has 0 bridgehead atoms. The third-order valence-electron chi connectivity index (χ3n) is 8.40. The maximum absolute atomic E-state index is 14.0. The monoisotopic (exact) mass is 868 g/mol. The van der Waals surface area contributed by atoms with Gasteiger partial charge in [-0.05, 0) is 23.3 Å². The first-order chi connectivity index (χ1) is 29.1. The molecule has 2 saturated heterocycles. The Morgan fingerprint density at radius 3 is 1.61 bits per heavy atom. The van der Waals surface area contributed by atoms with Crippen LogP contribution in [0.15, 0.2) is 66.0 Å². The van der Waals surface area contributed by atoms with Crippen LogP contribution in [0, 0.1) is 11.6 Å². The minimum absolute atomic E-state index is 0.0551. The number of ether oxygens (including phenoxy) is 2. The van der Waals surface area contributed by atoms with Crippen molar-refractivity contribution in [2.45, 2.75) is 38.0 Å². The van der Waals surface area contributed by atoms with Crippen LogP contribution in [-0.4, -0.2) is 96.6 Å². The number of carbonyl (C=O) groups is 3. The molecule has 2 aliphatic heterocycles. The summed E-state index contributed by atoms with van der Waals surface area (Å²) in [6.45, 7) is 4.34. The second-order valence-corrected chi connectivity index (χ2v) is 12.9. The maximum Gasteiger partial charge on any atom is 0.416 e. The fourth-order valence-corrected chi connectivity index (χ4v) is 5.49. The number of hydrogen-bond acceptors (Lipinski definition) is 15. The predicted octanol–water partition coefficient (Wildman–Crippen LogP) is 5.21. The normalized spacial score (nSPS) is 14.3. The summed E-state index contributed by atoms with van der Waals surface area (Å²) in [6.07, 6.45) is -5.71. The molecule has 0 aliphatic carbocycles. The first-order valence-corrected chi connectivity index (χ1v) is 18.3. The molecule has 0 unspecified atom stereocenters. The first kappa shape index (κ1) is 47.5. The number of nitrogens with one attached hydrogen (secondary N) is 2. The molecule has 0 saturated carbocycles. The zero-order valence-electron chi connectivity index (χ0n) is 32.2. The lowest BCUT2D eigenvalue weighted by Crippen LogP contribution is -2.37. The Balaban J connectivity index is 0.000000222. The van der Waals surface area contributed by atoms with Crippen LogP contribution in [0.2, 0.25) is 0 Å². The van der Waals surface area contributed by atoms with Gasteiger partial charge in [0.15, 0.2) is 23.3 Å². The summed E-state index contributed by atoms with van der Waals surface area (Å²) >= 11 is 0. The van der Waals surface area contributed by atoms with Gasteiger partial charge < -0.3 is 24.1 Å². The number of morpholine rings is 2. The molecule has 0 spiro atoms. The Morgan fingerprint density at radius 2 is 1.16 bits per heavy atom. The fraction of sp³-hybridized carbons (Fsp3) is 0.368. The number of Topliss-reactive ketones (excluding diaryl/α,β-unsaturated/α-hetero) is 2. The van der Waals surface area contributed by atoms with Gasteiger partial charge in [-0.25, -0.2) is 30.0 Å². The summed E-state index contributed by atoms with van der Waals surface area (Å²) in [5.41, 5.74) is 3.76. The van der Waals surface area contributed by atoms with E-state index < -0.39 is 40.9 Å². The van der Waals surface area contributed by atoms with Crippen molar-refractivity contribution >= 4 is 47.6 Å². The number of benzene rings is 2. The van der Waals surface area contributed by atoms with Gasteiger partial charge in [0.05, 0.1) is 56.4 Å². The molecule has 328 valence electrons. The van der Waals surface area contributed by atoms with Crippen LogP contribution >= 0.6 is 0 Å². The summed E-state index contributed by atoms with van der Waals surface area (Å²) in [7, 11) is 0. The number of halogens is 8. The standard InChI is InChI=1S/C19H19F4N5O2.C11H9F3O2.C8H12FN5O/c20-16-12-24-18(26-17(16)28-6-8-30-9-7-28)27-25-5-4-15(29)11-13-2-1-3-14(10-13)19(21,22)23;12-11(13,14)9-3-1-2-8(6-9)7-10(16)4-5-15;9-6-5-11-8(13-10)12-7(6)14-1-3-15-4-2-14/h1-3,5,10,12H,4,6-9,11H2,(H,24,26,27);1-3,5-6H,4,7H2;5H,1-4,10H2,(H,11,12,13)/b25-5+;;. The number of rotatable bonds is 13. The van der Waals surface area contributed by atoms with Gasteiger partial charge in [0, 0.05) is 51.7 Å². The third-order valence-corrected chi connectivity index (χ3v) is 8.40. The van der Waals surface area contributed by atoms with Crippen LogP contribution in [0.3, 0.4) is 0 Å². The second kappa shape index (κ2) is 23.0. The zero-order valence-corrected chi connectivity index (χ0v) is 32.2. The minimum Gasteiger partial charge on any atom is -0.378 e. The number of carbonyl (C=O) groups excluding carboxylic acids is 3. The van der Waals surface area contributed by atoms with E-state index in [1.807, 2.05) is 0 Å². The predicted molar refractivity (Wildman–Crippen MR) is 206 cm³/mol. The van der Waals surface area contributed by atoms with Gasteiger partial charge in [0.1, 0.15) is 17.9 Å². The molecular formula is C38H40F8N10O5. The van der Waals surface area contributed by atoms with Crippen molar-refractivity contribution in [3.05, 3.63) is 94.8 Å². The highest BCUT2D eigenvalue weighted by atomic mass is 19.4. The van der Waals surface area contributed by atoms with Gasteiger partial charge >= 0.3 is 12.4 Å². The second-order valence-electron chi connectivity index (χ2n) is 12.9. The number of hydrazone groups is 1. The van der Waals surface area contributed by atoms with Crippen molar-refractivity contribution in [1.29, 1.82) is 0 Å². The molecule has 2 aliphatic rings. The van der Waals surface area contributed by atoms with E-state index in [0.717, 1.165) is 36.7 Å². The van der Waals surface area contributed by atoms with E-state index in [1.54, 1.807) is 9.80 Å². The lowest BCUT2D eigenvalue weighted by Gasteiger charge is -2.27. The highest BCUT2D eigenvalue weighted by Crippen LogP contribution is 2.31. The zero-order chi connectivity index (χ0) is 44.4. The molecule has 23 heteroatoms.